The summed E-state index contributed by atoms with van der Waals surface area (Å²) in [7, 11) is 0. The molecule has 0 saturated carbocycles. The van der Waals surface area contributed by atoms with Gasteiger partial charge in [-0.2, -0.15) is 0 Å². The number of carboxylic acid groups (broad SMARTS) is 1. The first-order valence-corrected chi connectivity index (χ1v) is 7.62. The minimum absolute atomic E-state index is 0.0342. The van der Waals surface area contributed by atoms with Crippen LogP contribution < -0.4 is 10.6 Å². The van der Waals surface area contributed by atoms with Crippen LogP contribution in [0.1, 0.15) is 43.6 Å². The molecule has 3 N–H and O–H groups in total. The normalized spacial score (nSPS) is 12.1. The van der Waals surface area contributed by atoms with E-state index in [0.717, 1.165) is 5.56 Å². The van der Waals surface area contributed by atoms with Gasteiger partial charge in [0.2, 0.25) is 5.91 Å². The Labute approximate surface area is 136 Å². The van der Waals surface area contributed by atoms with E-state index in [2.05, 4.69) is 10.6 Å². The fourth-order valence-electron chi connectivity index (χ4n) is 1.91. The molecule has 1 aromatic rings. The van der Waals surface area contributed by atoms with Crippen molar-refractivity contribution in [2.24, 2.45) is 11.8 Å². The van der Waals surface area contributed by atoms with Crippen molar-refractivity contribution in [1.29, 1.82) is 0 Å². The maximum atomic E-state index is 12.1. The van der Waals surface area contributed by atoms with E-state index in [0.29, 0.717) is 12.1 Å². The summed E-state index contributed by atoms with van der Waals surface area (Å²) < 4.78 is 0. The first-order valence-electron chi connectivity index (χ1n) is 7.62. The van der Waals surface area contributed by atoms with E-state index in [1.54, 1.807) is 38.1 Å². The molecular formula is C17H24N2O4. The standard InChI is InChI=1S/C17H24N2O4/c1-10(2)14(17(22)23)19-16(21)13-7-5-12(6-8-13)9-18-15(20)11(3)4/h5-8,10-11,14H,9H2,1-4H3,(H,18,20)(H,19,21)(H,22,23). The second kappa shape index (κ2) is 8.31. The summed E-state index contributed by atoms with van der Waals surface area (Å²) in [5.41, 5.74) is 1.25. The van der Waals surface area contributed by atoms with Crippen molar-refractivity contribution in [2.45, 2.75) is 40.3 Å². The summed E-state index contributed by atoms with van der Waals surface area (Å²) >= 11 is 0. The highest BCUT2D eigenvalue weighted by Gasteiger charge is 2.23. The van der Waals surface area contributed by atoms with Gasteiger partial charge in [0.15, 0.2) is 0 Å². The van der Waals surface area contributed by atoms with Gasteiger partial charge in [-0.15, -0.1) is 0 Å². The van der Waals surface area contributed by atoms with E-state index in [1.165, 1.54) is 0 Å². The van der Waals surface area contributed by atoms with Crippen LogP contribution in [0.15, 0.2) is 24.3 Å². The number of hydrogen-bond acceptors (Lipinski definition) is 3. The van der Waals surface area contributed by atoms with Gasteiger partial charge in [-0.1, -0.05) is 39.8 Å². The molecular weight excluding hydrogens is 296 g/mol. The zero-order valence-electron chi connectivity index (χ0n) is 13.9. The molecule has 0 heterocycles. The fraction of sp³-hybridized carbons (Fsp3) is 0.471. The van der Waals surface area contributed by atoms with E-state index in [4.69, 9.17) is 5.11 Å². The van der Waals surface area contributed by atoms with Crippen LogP contribution in [0.2, 0.25) is 0 Å². The molecule has 1 aromatic carbocycles. The summed E-state index contributed by atoms with van der Waals surface area (Å²) in [6, 6.07) is 5.78. The lowest BCUT2D eigenvalue weighted by Crippen LogP contribution is -2.44. The monoisotopic (exact) mass is 320 g/mol. The molecule has 0 aliphatic rings. The number of rotatable bonds is 7. The van der Waals surface area contributed by atoms with E-state index in [-0.39, 0.29) is 17.7 Å². The Bertz CT molecular complexity index is 564. The van der Waals surface area contributed by atoms with E-state index < -0.39 is 17.9 Å². The van der Waals surface area contributed by atoms with Crippen molar-refractivity contribution in [3.63, 3.8) is 0 Å². The van der Waals surface area contributed by atoms with Gasteiger partial charge in [0.25, 0.3) is 5.91 Å². The lowest BCUT2D eigenvalue weighted by Gasteiger charge is -2.18. The maximum Gasteiger partial charge on any atom is 0.326 e. The molecule has 1 unspecified atom stereocenters. The number of carboxylic acids is 1. The molecule has 0 fully saturated rings. The molecule has 1 rings (SSSR count). The molecule has 1 atom stereocenters. The molecule has 0 spiro atoms. The molecule has 2 amide bonds. The van der Waals surface area contributed by atoms with Gasteiger partial charge in [-0.25, -0.2) is 4.79 Å². The Balaban J connectivity index is 2.67. The number of hydrogen-bond donors (Lipinski definition) is 3. The summed E-state index contributed by atoms with van der Waals surface area (Å²) in [6.45, 7) is 7.49. The van der Waals surface area contributed by atoms with Crippen molar-refractivity contribution < 1.29 is 19.5 Å². The second-order valence-electron chi connectivity index (χ2n) is 6.10. The van der Waals surface area contributed by atoms with Crippen molar-refractivity contribution in [3.05, 3.63) is 35.4 Å². The Morgan fingerprint density at radius 1 is 1.04 bits per heavy atom. The molecule has 6 heteroatoms. The van der Waals surface area contributed by atoms with Crippen molar-refractivity contribution in [2.75, 3.05) is 0 Å². The largest absolute Gasteiger partial charge is 0.480 e. The quantitative estimate of drug-likeness (QED) is 0.714. The number of nitrogens with one attached hydrogen (secondary N) is 2. The topological polar surface area (TPSA) is 95.5 Å². The van der Waals surface area contributed by atoms with Crippen LogP contribution >= 0.6 is 0 Å². The highest BCUT2D eigenvalue weighted by atomic mass is 16.4. The van der Waals surface area contributed by atoms with E-state index >= 15 is 0 Å². The van der Waals surface area contributed by atoms with Crippen LogP contribution in [0.25, 0.3) is 0 Å². The second-order valence-corrected chi connectivity index (χ2v) is 6.10. The summed E-state index contributed by atoms with van der Waals surface area (Å²) in [6.07, 6.45) is 0. The predicted molar refractivity (Wildman–Crippen MR) is 86.9 cm³/mol. The Morgan fingerprint density at radius 2 is 1.61 bits per heavy atom. The van der Waals surface area contributed by atoms with Gasteiger partial charge in [0.1, 0.15) is 6.04 Å². The van der Waals surface area contributed by atoms with Gasteiger partial charge in [0.05, 0.1) is 0 Å². The summed E-state index contributed by atoms with van der Waals surface area (Å²) in [4.78, 5) is 34.7. The first-order chi connectivity index (χ1) is 10.7. The molecule has 0 bridgehead atoms. The van der Waals surface area contributed by atoms with E-state index in [9.17, 15) is 14.4 Å². The number of amides is 2. The van der Waals surface area contributed by atoms with Gasteiger partial charge in [-0.3, -0.25) is 9.59 Å². The number of benzene rings is 1. The minimum Gasteiger partial charge on any atom is -0.480 e. The first kappa shape index (κ1) is 18.7. The Hall–Kier alpha value is -2.37. The molecule has 126 valence electrons. The predicted octanol–water partition coefficient (Wildman–Crippen LogP) is 1.80. The average Bonchev–Trinajstić information content (AvgIpc) is 2.49. The minimum atomic E-state index is -1.05. The number of carbonyl (C=O) groups excluding carboxylic acids is 2. The van der Waals surface area contributed by atoms with Crippen LogP contribution in [-0.2, 0) is 16.1 Å². The Kier molecular flexibility index (Phi) is 6.75. The molecule has 23 heavy (non-hydrogen) atoms. The van der Waals surface area contributed by atoms with Crippen molar-refractivity contribution in [1.82, 2.24) is 10.6 Å². The number of carbonyl (C=O) groups is 3. The molecule has 6 nitrogen and oxygen atoms in total. The zero-order chi connectivity index (χ0) is 17.6. The lowest BCUT2D eigenvalue weighted by atomic mass is 10.0. The number of aliphatic carboxylic acids is 1. The lowest BCUT2D eigenvalue weighted by molar-refractivity contribution is -0.140. The highest BCUT2D eigenvalue weighted by molar-refractivity contribution is 5.96. The highest BCUT2D eigenvalue weighted by Crippen LogP contribution is 2.08. The van der Waals surface area contributed by atoms with Gasteiger partial charge < -0.3 is 15.7 Å². The molecule has 0 aliphatic carbocycles. The van der Waals surface area contributed by atoms with Crippen molar-refractivity contribution in [3.8, 4) is 0 Å². The molecule has 0 radical (unpaired) electrons. The van der Waals surface area contributed by atoms with Crippen molar-refractivity contribution >= 4 is 17.8 Å². The Morgan fingerprint density at radius 3 is 2.04 bits per heavy atom. The third-order valence-corrected chi connectivity index (χ3v) is 3.43. The van der Waals surface area contributed by atoms with Gasteiger partial charge in [-0.05, 0) is 23.6 Å². The third-order valence-electron chi connectivity index (χ3n) is 3.43. The van der Waals surface area contributed by atoms with Crippen LogP contribution in [0.3, 0.4) is 0 Å². The summed E-state index contributed by atoms with van der Waals surface area (Å²) in [5.74, 6) is -1.80. The van der Waals surface area contributed by atoms with Crippen LogP contribution in [0.4, 0.5) is 0 Å². The molecule has 0 saturated heterocycles. The smallest absolute Gasteiger partial charge is 0.326 e. The van der Waals surface area contributed by atoms with Crippen LogP contribution in [0, 0.1) is 11.8 Å². The van der Waals surface area contributed by atoms with Gasteiger partial charge >= 0.3 is 5.97 Å². The molecule has 0 aliphatic heterocycles. The third kappa shape index (κ3) is 5.73. The average molecular weight is 320 g/mol. The summed E-state index contributed by atoms with van der Waals surface area (Å²) in [5, 5.41) is 14.4. The zero-order valence-corrected chi connectivity index (χ0v) is 13.9. The SMILES string of the molecule is CC(C)C(=O)NCc1ccc(C(=O)NC(C(=O)O)C(C)C)cc1. The van der Waals surface area contributed by atoms with Crippen LogP contribution in [0.5, 0.6) is 0 Å². The maximum absolute atomic E-state index is 12.1. The fourth-order valence-corrected chi connectivity index (χ4v) is 1.91. The van der Waals surface area contributed by atoms with Gasteiger partial charge in [0, 0.05) is 18.0 Å². The molecule has 0 aromatic heterocycles. The van der Waals surface area contributed by atoms with Crippen LogP contribution in [-0.4, -0.2) is 28.9 Å². The van der Waals surface area contributed by atoms with E-state index in [1.807, 2.05) is 13.8 Å².